The van der Waals surface area contributed by atoms with Crippen LogP contribution in [0.5, 0.6) is 0 Å². The smallest absolute Gasteiger partial charge is 0.225 e. The van der Waals surface area contributed by atoms with Gasteiger partial charge in [0.25, 0.3) is 0 Å². The number of anilines is 3. The molecule has 0 saturated heterocycles. The van der Waals surface area contributed by atoms with Crippen LogP contribution in [-0.4, -0.2) is 20.5 Å². The van der Waals surface area contributed by atoms with Gasteiger partial charge in [0, 0.05) is 35.2 Å². The molecule has 6 heteroatoms. The van der Waals surface area contributed by atoms with Gasteiger partial charge in [-0.05, 0) is 63.6 Å². The maximum atomic E-state index is 13.5. The quantitative estimate of drug-likeness (QED) is 0.697. The summed E-state index contributed by atoms with van der Waals surface area (Å²) in [6, 6.07) is 10.5. The van der Waals surface area contributed by atoms with Gasteiger partial charge in [-0.15, -0.1) is 0 Å². The van der Waals surface area contributed by atoms with Crippen molar-refractivity contribution in [2.24, 2.45) is 0 Å². The molecule has 0 unspecified atom stereocenters. The summed E-state index contributed by atoms with van der Waals surface area (Å²) < 4.78 is 13.5. The Bertz CT molecular complexity index is 904. The van der Waals surface area contributed by atoms with Crippen LogP contribution in [0, 0.1) is 12.7 Å². The van der Waals surface area contributed by atoms with Crippen LogP contribution in [0.1, 0.15) is 26.3 Å². The van der Waals surface area contributed by atoms with Gasteiger partial charge in [-0.3, -0.25) is 4.98 Å². The molecule has 2 heterocycles. The number of nitrogens with one attached hydrogen (secondary N) is 2. The van der Waals surface area contributed by atoms with Crippen molar-refractivity contribution in [2.75, 3.05) is 10.6 Å². The van der Waals surface area contributed by atoms with Crippen molar-refractivity contribution in [3.05, 3.63) is 60.2 Å². The van der Waals surface area contributed by atoms with Gasteiger partial charge in [0.15, 0.2) is 0 Å². The topological polar surface area (TPSA) is 62.7 Å². The molecule has 0 aliphatic carbocycles. The van der Waals surface area contributed by atoms with E-state index in [1.54, 1.807) is 31.5 Å². The molecule has 0 amide bonds. The minimum atomic E-state index is -0.231. The Kier molecular flexibility index (Phi) is 4.84. The summed E-state index contributed by atoms with van der Waals surface area (Å²) in [6.07, 6.45) is 3.45. The highest BCUT2D eigenvalue weighted by molar-refractivity contribution is 5.67. The number of pyridine rings is 1. The third kappa shape index (κ3) is 4.53. The van der Waals surface area contributed by atoms with E-state index in [-0.39, 0.29) is 11.4 Å². The van der Waals surface area contributed by atoms with Crippen LogP contribution in [0.15, 0.2) is 48.8 Å². The van der Waals surface area contributed by atoms with E-state index in [1.807, 2.05) is 39.0 Å². The summed E-state index contributed by atoms with van der Waals surface area (Å²) in [5.74, 6) is 0.920. The molecule has 0 saturated carbocycles. The van der Waals surface area contributed by atoms with E-state index in [9.17, 15) is 4.39 Å². The average molecular weight is 351 g/mol. The Hall–Kier alpha value is -3.02. The molecule has 134 valence electrons. The van der Waals surface area contributed by atoms with Gasteiger partial charge in [0.1, 0.15) is 11.6 Å². The van der Waals surface area contributed by atoms with Crippen LogP contribution in [0.4, 0.5) is 21.8 Å². The van der Waals surface area contributed by atoms with Crippen LogP contribution < -0.4 is 10.6 Å². The van der Waals surface area contributed by atoms with Gasteiger partial charge < -0.3 is 10.6 Å². The second-order valence-electron chi connectivity index (χ2n) is 7.16. The lowest BCUT2D eigenvalue weighted by Crippen LogP contribution is -2.27. The molecule has 0 atom stereocenters. The number of benzene rings is 1. The number of rotatable bonds is 4. The number of hydrogen-bond acceptors (Lipinski definition) is 5. The van der Waals surface area contributed by atoms with Crippen molar-refractivity contribution < 1.29 is 4.39 Å². The van der Waals surface area contributed by atoms with Crippen LogP contribution in [-0.2, 0) is 0 Å². The first-order chi connectivity index (χ1) is 12.3. The zero-order valence-corrected chi connectivity index (χ0v) is 15.3. The first-order valence-electron chi connectivity index (χ1n) is 8.41. The molecule has 0 aliphatic heterocycles. The van der Waals surface area contributed by atoms with Crippen molar-refractivity contribution >= 4 is 17.5 Å². The van der Waals surface area contributed by atoms with Gasteiger partial charge in [0.05, 0.1) is 5.69 Å². The summed E-state index contributed by atoms with van der Waals surface area (Å²) in [6.45, 7) is 7.87. The maximum absolute atomic E-state index is 13.5. The molecular formula is C20H22FN5. The monoisotopic (exact) mass is 351 g/mol. The first kappa shape index (κ1) is 17.8. The molecule has 3 rings (SSSR count). The van der Waals surface area contributed by atoms with E-state index in [1.165, 1.54) is 6.07 Å². The predicted molar refractivity (Wildman–Crippen MR) is 103 cm³/mol. The lowest BCUT2D eigenvalue weighted by atomic mass is 10.1. The predicted octanol–water partition coefficient (Wildman–Crippen LogP) is 4.94. The highest BCUT2D eigenvalue weighted by Crippen LogP contribution is 2.25. The van der Waals surface area contributed by atoms with Crippen LogP contribution in [0.2, 0.25) is 0 Å². The van der Waals surface area contributed by atoms with E-state index in [2.05, 4.69) is 25.6 Å². The largest absolute Gasteiger partial charge is 0.350 e. The number of aryl methyl sites for hydroxylation is 1. The molecule has 3 aromatic rings. The molecule has 5 nitrogen and oxygen atoms in total. The van der Waals surface area contributed by atoms with Crippen LogP contribution in [0.25, 0.3) is 11.3 Å². The first-order valence-corrected chi connectivity index (χ1v) is 8.41. The third-order valence-electron chi connectivity index (χ3n) is 3.62. The van der Waals surface area contributed by atoms with Crippen molar-refractivity contribution in [3.63, 3.8) is 0 Å². The van der Waals surface area contributed by atoms with Crippen molar-refractivity contribution in [1.29, 1.82) is 0 Å². The van der Waals surface area contributed by atoms with Crippen molar-refractivity contribution in [2.45, 2.75) is 33.2 Å². The van der Waals surface area contributed by atoms with Crippen LogP contribution in [0.3, 0.4) is 0 Å². The van der Waals surface area contributed by atoms with Gasteiger partial charge in [0.2, 0.25) is 5.95 Å². The van der Waals surface area contributed by atoms with Crippen LogP contribution >= 0.6 is 0 Å². The fourth-order valence-electron chi connectivity index (χ4n) is 2.44. The van der Waals surface area contributed by atoms with Gasteiger partial charge in [-0.2, -0.15) is 4.98 Å². The lowest BCUT2D eigenvalue weighted by molar-refractivity contribution is 0.618. The number of nitrogens with zero attached hydrogens (tertiary/aromatic N) is 3. The van der Waals surface area contributed by atoms with Crippen molar-refractivity contribution in [3.8, 4) is 11.3 Å². The number of halogens is 1. The Morgan fingerprint density at radius 2 is 1.69 bits per heavy atom. The molecule has 0 spiro atoms. The minimum absolute atomic E-state index is 0.180. The highest BCUT2D eigenvalue weighted by Gasteiger charge is 2.14. The zero-order chi connectivity index (χ0) is 18.7. The van der Waals surface area contributed by atoms with E-state index in [0.29, 0.717) is 17.3 Å². The molecule has 0 bridgehead atoms. The Morgan fingerprint density at radius 1 is 0.962 bits per heavy atom. The van der Waals surface area contributed by atoms with E-state index >= 15 is 0 Å². The summed E-state index contributed by atoms with van der Waals surface area (Å²) in [7, 11) is 0. The van der Waals surface area contributed by atoms with Gasteiger partial charge in [-0.25, -0.2) is 9.37 Å². The van der Waals surface area contributed by atoms with Gasteiger partial charge in [-0.1, -0.05) is 0 Å². The summed E-state index contributed by atoms with van der Waals surface area (Å²) in [5, 5.41) is 6.53. The standard InChI is InChI=1S/C20H22FN5/c1-13-11-15(5-6-16(13)21)23-18-12-17(14-7-9-22-10-8-14)24-19(25-18)26-20(2,3)4/h5-12H,1-4H3,(H2,23,24,25,26). The van der Waals surface area contributed by atoms with E-state index in [0.717, 1.165) is 16.9 Å². The number of hydrogen-bond donors (Lipinski definition) is 2. The summed E-state index contributed by atoms with van der Waals surface area (Å²) in [4.78, 5) is 13.2. The normalized spacial score (nSPS) is 11.3. The SMILES string of the molecule is Cc1cc(Nc2cc(-c3ccncc3)nc(NC(C)(C)C)n2)ccc1F. The fourth-order valence-corrected chi connectivity index (χ4v) is 2.44. The molecule has 2 aromatic heterocycles. The fraction of sp³-hybridized carbons (Fsp3) is 0.250. The highest BCUT2D eigenvalue weighted by atomic mass is 19.1. The molecule has 1 aromatic carbocycles. The molecular weight excluding hydrogens is 329 g/mol. The Morgan fingerprint density at radius 3 is 2.35 bits per heavy atom. The minimum Gasteiger partial charge on any atom is -0.350 e. The maximum Gasteiger partial charge on any atom is 0.225 e. The molecule has 2 N–H and O–H groups in total. The van der Waals surface area contributed by atoms with Crippen molar-refractivity contribution in [1.82, 2.24) is 15.0 Å². The second kappa shape index (κ2) is 7.07. The van der Waals surface area contributed by atoms with E-state index in [4.69, 9.17) is 0 Å². The molecule has 0 aliphatic rings. The summed E-state index contributed by atoms with van der Waals surface area (Å²) in [5.41, 5.74) is 2.88. The molecule has 26 heavy (non-hydrogen) atoms. The average Bonchev–Trinajstić information content (AvgIpc) is 2.57. The number of aromatic nitrogens is 3. The Balaban J connectivity index is 2.00. The third-order valence-corrected chi connectivity index (χ3v) is 3.62. The van der Waals surface area contributed by atoms with E-state index < -0.39 is 0 Å². The second-order valence-corrected chi connectivity index (χ2v) is 7.16. The lowest BCUT2D eigenvalue weighted by Gasteiger charge is -2.21. The van der Waals surface area contributed by atoms with Gasteiger partial charge >= 0.3 is 0 Å². The molecule has 0 fully saturated rings. The Labute approximate surface area is 152 Å². The summed E-state index contributed by atoms with van der Waals surface area (Å²) >= 11 is 0. The molecule has 0 radical (unpaired) electrons. The zero-order valence-electron chi connectivity index (χ0n) is 15.3.